The first-order valence-corrected chi connectivity index (χ1v) is 8.65. The van der Waals surface area contributed by atoms with E-state index in [4.69, 9.17) is 0 Å². The average Bonchev–Trinajstić information content (AvgIpc) is 2.66. The maximum atomic E-state index is 12.0. The number of carbonyl (C=O) groups is 3. The van der Waals surface area contributed by atoms with Gasteiger partial charge in [0.1, 0.15) is 0 Å². The predicted molar refractivity (Wildman–Crippen MR) is 89.6 cm³/mol. The van der Waals surface area contributed by atoms with E-state index in [2.05, 4.69) is 26.5 Å². The van der Waals surface area contributed by atoms with E-state index in [0.29, 0.717) is 6.54 Å². The third kappa shape index (κ3) is 4.33. The first-order valence-electron chi connectivity index (χ1n) is 8.65. The smallest absolute Gasteiger partial charge is 0.309 e. The zero-order chi connectivity index (χ0) is 17.6. The Morgan fingerprint density at radius 2 is 1.84 bits per heavy atom. The molecule has 2 fully saturated rings. The van der Waals surface area contributed by atoms with E-state index < -0.39 is 11.8 Å². The van der Waals surface area contributed by atoms with Gasteiger partial charge in [0.25, 0.3) is 0 Å². The molecule has 0 spiro atoms. The molecule has 2 aliphatic rings. The first kappa shape index (κ1) is 17.3. The molecule has 1 saturated heterocycles. The number of hydrazine groups is 1. The third-order valence-corrected chi connectivity index (χ3v) is 4.94. The second-order valence-corrected chi connectivity index (χ2v) is 6.54. The van der Waals surface area contributed by atoms with Crippen LogP contribution in [-0.4, -0.2) is 35.3 Å². The second-order valence-electron chi connectivity index (χ2n) is 6.54. The zero-order valence-electron chi connectivity index (χ0n) is 14.0. The van der Waals surface area contributed by atoms with Crippen molar-refractivity contribution < 1.29 is 14.4 Å². The summed E-state index contributed by atoms with van der Waals surface area (Å²) in [6, 6.07) is 3.49. The molecule has 25 heavy (non-hydrogen) atoms. The normalized spacial score (nSPS) is 25.4. The highest BCUT2D eigenvalue weighted by Gasteiger charge is 2.39. The average molecular weight is 345 g/mol. The minimum absolute atomic E-state index is 0.00239. The van der Waals surface area contributed by atoms with Crippen LogP contribution in [0.5, 0.6) is 0 Å². The third-order valence-electron chi connectivity index (χ3n) is 4.94. The van der Waals surface area contributed by atoms with Crippen LogP contribution in [-0.2, 0) is 20.9 Å². The lowest BCUT2D eigenvalue weighted by Crippen LogP contribution is -2.62. The topological polar surface area (TPSA) is 112 Å². The first-order chi connectivity index (χ1) is 12.1. The number of carbonyl (C=O) groups excluding carboxylic acids is 3. The van der Waals surface area contributed by atoms with Crippen LogP contribution in [0.25, 0.3) is 0 Å². The highest BCUT2D eigenvalue weighted by molar-refractivity contribution is 6.35. The summed E-state index contributed by atoms with van der Waals surface area (Å²) in [5.41, 5.74) is 6.52. The van der Waals surface area contributed by atoms with Crippen molar-refractivity contribution in [3.63, 3.8) is 0 Å². The fourth-order valence-electron chi connectivity index (χ4n) is 3.58. The summed E-state index contributed by atoms with van der Waals surface area (Å²) in [4.78, 5) is 39.7. The minimum atomic E-state index is -0.670. The number of nitrogens with one attached hydrogen (secondary N) is 4. The summed E-state index contributed by atoms with van der Waals surface area (Å²) in [7, 11) is 0. The second kappa shape index (κ2) is 8.06. The van der Waals surface area contributed by atoms with Crippen molar-refractivity contribution in [1.82, 2.24) is 26.5 Å². The molecule has 3 unspecified atom stereocenters. The number of amides is 3. The number of aromatic nitrogens is 1. The highest BCUT2D eigenvalue weighted by atomic mass is 16.2. The summed E-state index contributed by atoms with van der Waals surface area (Å²) in [6.07, 6.45) is 7.25. The molecule has 1 saturated carbocycles. The quantitative estimate of drug-likeness (QED) is 0.556. The number of nitrogens with zero attached hydrogens (tertiary/aromatic N) is 1. The van der Waals surface area contributed by atoms with E-state index in [1.807, 2.05) is 0 Å². The number of fused-ring (bicyclic) bond motifs is 1. The Morgan fingerprint density at radius 3 is 2.64 bits per heavy atom. The van der Waals surface area contributed by atoms with Gasteiger partial charge in [-0.15, -0.1) is 0 Å². The van der Waals surface area contributed by atoms with Crippen molar-refractivity contribution in [1.29, 1.82) is 0 Å². The van der Waals surface area contributed by atoms with E-state index in [-0.39, 0.29) is 30.3 Å². The van der Waals surface area contributed by atoms with Crippen LogP contribution < -0.4 is 21.5 Å². The Balaban J connectivity index is 1.46. The van der Waals surface area contributed by atoms with Gasteiger partial charge < -0.3 is 10.6 Å². The molecule has 3 rings (SSSR count). The summed E-state index contributed by atoms with van der Waals surface area (Å²) in [5, 5.41) is 5.24. The molecular formula is C17H23N5O3. The molecule has 1 aromatic rings. The van der Waals surface area contributed by atoms with E-state index in [1.54, 1.807) is 24.5 Å². The Morgan fingerprint density at radius 1 is 1.12 bits per heavy atom. The Bertz CT molecular complexity index is 636. The lowest BCUT2D eigenvalue weighted by molar-refractivity contribution is -0.139. The van der Waals surface area contributed by atoms with Crippen molar-refractivity contribution in [2.75, 3.05) is 6.54 Å². The van der Waals surface area contributed by atoms with Crippen LogP contribution in [0, 0.1) is 11.8 Å². The molecule has 3 atom stereocenters. The van der Waals surface area contributed by atoms with E-state index in [1.165, 1.54) is 0 Å². The van der Waals surface area contributed by atoms with Gasteiger partial charge in [0.15, 0.2) is 0 Å². The molecular weight excluding hydrogens is 322 g/mol. The maximum absolute atomic E-state index is 12.0. The van der Waals surface area contributed by atoms with Crippen LogP contribution in [0.15, 0.2) is 24.5 Å². The van der Waals surface area contributed by atoms with Gasteiger partial charge in [-0.2, -0.15) is 0 Å². The summed E-state index contributed by atoms with van der Waals surface area (Å²) in [5.74, 6) is -1.11. The molecule has 0 radical (unpaired) electrons. The van der Waals surface area contributed by atoms with Gasteiger partial charge in [-0.05, 0) is 36.5 Å². The van der Waals surface area contributed by atoms with Gasteiger partial charge in [0.2, 0.25) is 5.91 Å². The fraction of sp³-hybridized carbons (Fsp3) is 0.529. The summed E-state index contributed by atoms with van der Waals surface area (Å²) in [6.45, 7) is 0.583. The standard InChI is InChI=1S/C17H23N5O3/c23-15-13-4-2-1-3-12(13)14(21-22-15)10-20-17(25)16(24)19-9-11-5-7-18-8-6-11/h5-8,12-14,21H,1-4,9-10H2,(H,19,24)(H,20,25)(H,22,23). The molecule has 0 aromatic carbocycles. The van der Waals surface area contributed by atoms with Crippen molar-refractivity contribution in [2.45, 2.75) is 38.3 Å². The van der Waals surface area contributed by atoms with E-state index >= 15 is 0 Å². The lowest BCUT2D eigenvalue weighted by Gasteiger charge is -2.41. The van der Waals surface area contributed by atoms with Crippen molar-refractivity contribution in [3.05, 3.63) is 30.1 Å². The summed E-state index contributed by atoms with van der Waals surface area (Å²) >= 11 is 0. The maximum Gasteiger partial charge on any atom is 0.309 e. The zero-order valence-corrected chi connectivity index (χ0v) is 14.0. The van der Waals surface area contributed by atoms with E-state index in [9.17, 15) is 14.4 Å². The monoisotopic (exact) mass is 345 g/mol. The van der Waals surface area contributed by atoms with Crippen LogP contribution >= 0.6 is 0 Å². The molecule has 3 amide bonds. The Labute approximate surface area is 146 Å². The molecule has 1 aliphatic carbocycles. The number of hydrogen-bond acceptors (Lipinski definition) is 5. The highest BCUT2D eigenvalue weighted by Crippen LogP contribution is 2.33. The molecule has 134 valence electrons. The Kier molecular flexibility index (Phi) is 5.60. The van der Waals surface area contributed by atoms with Gasteiger partial charge >= 0.3 is 11.8 Å². The Hall–Kier alpha value is -2.48. The number of hydrogen-bond donors (Lipinski definition) is 4. The number of rotatable bonds is 4. The van der Waals surface area contributed by atoms with E-state index in [0.717, 1.165) is 31.2 Å². The molecule has 2 heterocycles. The molecule has 1 aliphatic heterocycles. The minimum Gasteiger partial charge on any atom is -0.346 e. The van der Waals surface area contributed by atoms with Gasteiger partial charge in [-0.1, -0.05) is 12.8 Å². The van der Waals surface area contributed by atoms with Crippen LogP contribution in [0.1, 0.15) is 31.2 Å². The molecule has 0 bridgehead atoms. The molecule has 4 N–H and O–H groups in total. The van der Waals surface area contributed by atoms with Gasteiger partial charge in [0, 0.05) is 37.4 Å². The van der Waals surface area contributed by atoms with Crippen molar-refractivity contribution in [3.8, 4) is 0 Å². The van der Waals surface area contributed by atoms with Crippen molar-refractivity contribution >= 4 is 17.7 Å². The predicted octanol–water partition coefficient (Wildman–Crippen LogP) is -0.377. The largest absolute Gasteiger partial charge is 0.346 e. The van der Waals surface area contributed by atoms with Gasteiger partial charge in [-0.25, -0.2) is 5.43 Å². The van der Waals surface area contributed by atoms with Gasteiger partial charge in [0.05, 0.1) is 0 Å². The van der Waals surface area contributed by atoms with Crippen LogP contribution in [0.4, 0.5) is 0 Å². The SMILES string of the molecule is O=C(NCc1ccncc1)C(=O)NCC1NNC(=O)C2CCCCC12. The van der Waals surface area contributed by atoms with Crippen LogP contribution in [0.3, 0.4) is 0 Å². The lowest BCUT2D eigenvalue weighted by atomic mass is 9.74. The molecule has 1 aromatic heterocycles. The number of pyridine rings is 1. The van der Waals surface area contributed by atoms with Gasteiger partial charge in [-0.3, -0.25) is 24.8 Å². The fourth-order valence-corrected chi connectivity index (χ4v) is 3.58. The summed E-state index contributed by atoms with van der Waals surface area (Å²) < 4.78 is 0. The molecule has 8 nitrogen and oxygen atoms in total. The van der Waals surface area contributed by atoms with Crippen LogP contribution in [0.2, 0.25) is 0 Å². The molecule has 8 heteroatoms. The van der Waals surface area contributed by atoms with Crippen molar-refractivity contribution in [2.24, 2.45) is 11.8 Å².